The second-order valence-corrected chi connectivity index (χ2v) is 8.69. The largest absolute Gasteiger partial charge is 0.459 e. The van der Waals surface area contributed by atoms with E-state index in [0.717, 1.165) is 12.8 Å². The molecular weight excluding hydrogens is 354 g/mol. The summed E-state index contributed by atoms with van der Waals surface area (Å²) in [5, 5.41) is 0. The van der Waals surface area contributed by atoms with Crippen LogP contribution in [0.5, 0.6) is 0 Å². The molecular formula is C18H27N3O4S. The van der Waals surface area contributed by atoms with Crippen molar-refractivity contribution >= 4 is 23.5 Å². The lowest BCUT2D eigenvalue weighted by Crippen LogP contribution is -2.38. The molecule has 0 aromatic carbocycles. The third kappa shape index (κ3) is 4.23. The molecule has 0 bridgehead atoms. The zero-order chi connectivity index (χ0) is 18.8. The Kier molecular flexibility index (Phi) is 5.92. The molecule has 1 aliphatic carbocycles. The average molecular weight is 381 g/mol. The summed E-state index contributed by atoms with van der Waals surface area (Å²) in [6, 6.07) is 1.54. The van der Waals surface area contributed by atoms with Crippen molar-refractivity contribution < 1.29 is 14.3 Å². The van der Waals surface area contributed by atoms with Gasteiger partial charge in [-0.1, -0.05) is 27.2 Å². The quantitative estimate of drug-likeness (QED) is 0.800. The predicted octanol–water partition coefficient (Wildman–Crippen LogP) is 2.42. The van der Waals surface area contributed by atoms with Gasteiger partial charge in [0.15, 0.2) is 0 Å². The molecule has 7 nitrogen and oxygen atoms in total. The number of anilines is 1. The van der Waals surface area contributed by atoms with Gasteiger partial charge in [0.2, 0.25) is 5.44 Å². The van der Waals surface area contributed by atoms with E-state index in [-0.39, 0.29) is 17.9 Å². The summed E-state index contributed by atoms with van der Waals surface area (Å²) >= 11 is 1.35. The first-order valence-electron chi connectivity index (χ1n) is 9.17. The van der Waals surface area contributed by atoms with E-state index >= 15 is 0 Å². The number of aromatic nitrogens is 2. The maximum absolute atomic E-state index is 12.6. The molecule has 2 N–H and O–H groups in total. The van der Waals surface area contributed by atoms with Crippen LogP contribution in [-0.4, -0.2) is 32.8 Å². The molecule has 1 aromatic rings. The third-order valence-electron chi connectivity index (χ3n) is 5.25. The summed E-state index contributed by atoms with van der Waals surface area (Å²) in [4.78, 5) is 28.3. The second kappa shape index (κ2) is 8.00. The Morgan fingerprint density at radius 2 is 2.23 bits per heavy atom. The van der Waals surface area contributed by atoms with E-state index in [9.17, 15) is 9.59 Å². The molecule has 5 atom stereocenters. The highest BCUT2D eigenvalue weighted by molar-refractivity contribution is 8.00. The van der Waals surface area contributed by atoms with E-state index in [1.165, 1.54) is 28.8 Å². The number of rotatable bonds is 4. The molecule has 3 rings (SSSR count). The molecule has 0 amide bonds. The van der Waals surface area contributed by atoms with Crippen LogP contribution < -0.4 is 11.4 Å². The van der Waals surface area contributed by atoms with Gasteiger partial charge in [0, 0.05) is 11.9 Å². The lowest BCUT2D eigenvalue weighted by molar-refractivity contribution is -0.166. The number of hydrogen-bond acceptors (Lipinski definition) is 7. The van der Waals surface area contributed by atoms with Crippen LogP contribution in [0.2, 0.25) is 0 Å². The monoisotopic (exact) mass is 381 g/mol. The van der Waals surface area contributed by atoms with E-state index in [1.807, 2.05) is 0 Å². The number of ether oxygens (including phenoxy) is 2. The van der Waals surface area contributed by atoms with Crippen molar-refractivity contribution in [3.8, 4) is 0 Å². The van der Waals surface area contributed by atoms with Gasteiger partial charge in [0.05, 0.1) is 0 Å². The van der Waals surface area contributed by atoms with Crippen molar-refractivity contribution in [2.75, 3.05) is 11.5 Å². The van der Waals surface area contributed by atoms with Crippen molar-refractivity contribution in [2.24, 2.45) is 17.8 Å². The van der Waals surface area contributed by atoms with E-state index in [2.05, 4.69) is 25.8 Å². The van der Waals surface area contributed by atoms with Crippen LogP contribution in [0.15, 0.2) is 17.1 Å². The van der Waals surface area contributed by atoms with Gasteiger partial charge in [-0.15, -0.1) is 11.8 Å². The average Bonchev–Trinajstić information content (AvgIpc) is 3.04. The molecule has 0 spiro atoms. The van der Waals surface area contributed by atoms with Crippen LogP contribution in [-0.2, 0) is 14.3 Å². The highest BCUT2D eigenvalue weighted by atomic mass is 32.2. The molecule has 8 heteroatoms. The molecule has 1 saturated heterocycles. The fraction of sp³-hybridized carbons (Fsp3) is 0.722. The summed E-state index contributed by atoms with van der Waals surface area (Å²) in [7, 11) is 0. The minimum absolute atomic E-state index is 0.0598. The first-order chi connectivity index (χ1) is 12.3. The standard InChI is InChI=1S/C18H27N3O4S/c1-10(2)12-5-4-11(3)8-13(12)24-16(22)17-25-15(9-26-17)21-7-6-14(19)20-18(21)23/h6-7,10-13,15,17H,4-5,8-9H2,1-3H3,(H2,19,20,23)/t11-,12-,13+,15-,17+/m0/s1. The van der Waals surface area contributed by atoms with Gasteiger partial charge in [0.25, 0.3) is 0 Å². The maximum Gasteiger partial charge on any atom is 0.351 e. The maximum atomic E-state index is 12.6. The Labute approximate surface area is 157 Å². The summed E-state index contributed by atoms with van der Waals surface area (Å²) in [5.41, 5.74) is 4.32. The van der Waals surface area contributed by atoms with Crippen LogP contribution in [0.25, 0.3) is 0 Å². The van der Waals surface area contributed by atoms with E-state index < -0.39 is 17.4 Å². The van der Waals surface area contributed by atoms with Crippen LogP contribution in [0.1, 0.15) is 46.3 Å². The SMILES string of the molecule is CC(C)[C@@H]1CC[C@H](C)C[C@H]1OC(=O)[C@@H]1O[C@H](n2ccc(N)nc2=O)CS1. The molecule has 1 saturated carbocycles. The number of nitrogens with two attached hydrogens (primary N) is 1. The van der Waals surface area contributed by atoms with Gasteiger partial charge >= 0.3 is 11.7 Å². The molecule has 0 radical (unpaired) electrons. The molecule has 1 aliphatic heterocycles. The zero-order valence-corrected chi connectivity index (χ0v) is 16.3. The highest BCUT2D eigenvalue weighted by Gasteiger charge is 2.38. The third-order valence-corrected chi connectivity index (χ3v) is 6.34. The number of esters is 1. The van der Waals surface area contributed by atoms with Crippen LogP contribution in [0.4, 0.5) is 5.82 Å². The van der Waals surface area contributed by atoms with Crippen molar-refractivity contribution in [3.63, 3.8) is 0 Å². The van der Waals surface area contributed by atoms with Gasteiger partial charge in [-0.2, -0.15) is 4.98 Å². The Balaban J connectivity index is 1.63. The van der Waals surface area contributed by atoms with E-state index in [4.69, 9.17) is 15.2 Å². The fourth-order valence-corrected chi connectivity index (χ4v) is 4.74. The normalized spacial score (nSPS) is 31.9. The molecule has 2 fully saturated rings. The highest BCUT2D eigenvalue weighted by Crippen LogP contribution is 2.37. The number of hydrogen-bond donors (Lipinski definition) is 1. The number of thioether (sulfide) groups is 1. The van der Waals surface area contributed by atoms with Gasteiger partial charge in [-0.05, 0) is 36.7 Å². The van der Waals surface area contributed by atoms with Crippen molar-refractivity contribution in [2.45, 2.75) is 57.8 Å². The fourth-order valence-electron chi connectivity index (χ4n) is 3.76. The van der Waals surface area contributed by atoms with Crippen molar-refractivity contribution in [1.82, 2.24) is 9.55 Å². The lowest BCUT2D eigenvalue weighted by atomic mass is 9.75. The number of carbonyl (C=O) groups is 1. The van der Waals surface area contributed by atoms with Crippen LogP contribution in [0.3, 0.4) is 0 Å². The zero-order valence-electron chi connectivity index (χ0n) is 15.5. The first-order valence-corrected chi connectivity index (χ1v) is 10.2. The van der Waals surface area contributed by atoms with Crippen molar-refractivity contribution in [1.29, 1.82) is 0 Å². The molecule has 26 heavy (non-hydrogen) atoms. The first kappa shape index (κ1) is 19.2. The lowest BCUT2D eigenvalue weighted by Gasteiger charge is -2.37. The summed E-state index contributed by atoms with van der Waals surface area (Å²) in [5.74, 6) is 1.73. The number of nitrogens with zero attached hydrogens (tertiary/aromatic N) is 2. The minimum atomic E-state index is -0.713. The summed E-state index contributed by atoms with van der Waals surface area (Å²) in [6.45, 7) is 6.56. The summed E-state index contributed by atoms with van der Waals surface area (Å²) in [6.07, 6.45) is 4.11. The molecule has 144 valence electrons. The topological polar surface area (TPSA) is 96.4 Å². The number of carbonyl (C=O) groups excluding carboxylic acids is 1. The van der Waals surface area contributed by atoms with Crippen LogP contribution in [0, 0.1) is 17.8 Å². The van der Waals surface area contributed by atoms with Gasteiger partial charge in [0.1, 0.15) is 18.1 Å². The Morgan fingerprint density at radius 1 is 1.46 bits per heavy atom. The van der Waals surface area contributed by atoms with Gasteiger partial charge < -0.3 is 15.2 Å². The molecule has 2 aliphatic rings. The van der Waals surface area contributed by atoms with E-state index in [0.29, 0.717) is 23.5 Å². The minimum Gasteiger partial charge on any atom is -0.459 e. The number of nitrogen functional groups attached to an aromatic ring is 1. The predicted molar refractivity (Wildman–Crippen MR) is 101 cm³/mol. The molecule has 0 unspecified atom stereocenters. The van der Waals surface area contributed by atoms with Crippen molar-refractivity contribution in [3.05, 3.63) is 22.7 Å². The molecule has 1 aromatic heterocycles. The summed E-state index contributed by atoms with van der Waals surface area (Å²) < 4.78 is 13.0. The smallest absolute Gasteiger partial charge is 0.351 e. The Morgan fingerprint density at radius 3 is 2.92 bits per heavy atom. The van der Waals surface area contributed by atoms with Crippen LogP contribution >= 0.6 is 11.8 Å². The van der Waals surface area contributed by atoms with Gasteiger partial charge in [-0.3, -0.25) is 4.57 Å². The Bertz CT molecular complexity index is 708. The second-order valence-electron chi connectivity index (χ2n) is 7.60. The molecule has 2 heterocycles. The van der Waals surface area contributed by atoms with E-state index in [1.54, 1.807) is 6.20 Å². The van der Waals surface area contributed by atoms with Gasteiger partial charge in [-0.25, -0.2) is 9.59 Å². The Hall–Kier alpha value is -1.54.